The van der Waals surface area contributed by atoms with Crippen molar-refractivity contribution in [3.63, 3.8) is 0 Å². The predicted molar refractivity (Wildman–Crippen MR) is 78.4 cm³/mol. The molecule has 0 saturated carbocycles. The monoisotopic (exact) mass is 319 g/mol. The molecular formula is C13H9N3O3S2. The molecule has 0 radical (unpaired) electrons. The van der Waals surface area contributed by atoms with Crippen molar-refractivity contribution in [2.24, 2.45) is 0 Å². The molecule has 0 aromatic carbocycles. The lowest BCUT2D eigenvalue weighted by Crippen LogP contribution is -2.00. The van der Waals surface area contributed by atoms with Crippen molar-refractivity contribution >= 4 is 29.1 Å². The molecule has 1 N–H and O–H groups in total. The third-order valence-electron chi connectivity index (χ3n) is 2.54. The number of hydrogen-bond donors (Lipinski definition) is 1. The number of aromatic nitrogens is 3. The first-order valence-corrected chi connectivity index (χ1v) is 7.78. The number of carbonyl (C=O) groups is 1. The highest BCUT2D eigenvalue weighted by Crippen LogP contribution is 2.26. The van der Waals surface area contributed by atoms with Crippen molar-refractivity contribution < 1.29 is 14.4 Å². The summed E-state index contributed by atoms with van der Waals surface area (Å²) in [5.74, 6) is 0.370. The second kappa shape index (κ2) is 6.06. The summed E-state index contributed by atoms with van der Waals surface area (Å²) in [7, 11) is 0. The van der Waals surface area contributed by atoms with Crippen molar-refractivity contribution in [3.05, 3.63) is 47.2 Å². The van der Waals surface area contributed by atoms with Gasteiger partial charge < -0.3 is 9.63 Å². The summed E-state index contributed by atoms with van der Waals surface area (Å²) < 4.78 is 5.17. The van der Waals surface area contributed by atoms with Gasteiger partial charge in [-0.15, -0.1) is 11.3 Å². The third kappa shape index (κ3) is 3.11. The van der Waals surface area contributed by atoms with Gasteiger partial charge in [-0.05, 0) is 23.6 Å². The number of thioether (sulfide) groups is 1. The molecule has 106 valence electrons. The molecule has 0 aliphatic heterocycles. The van der Waals surface area contributed by atoms with Crippen molar-refractivity contribution in [3.8, 4) is 10.8 Å². The standard InChI is InChI=1S/C13H9N3O3S2/c17-13(18)8-3-1-5-14-12(8)21-7-10-15-11(19-16-10)9-4-2-6-20-9/h1-6H,7H2,(H,17,18). The van der Waals surface area contributed by atoms with E-state index in [0.717, 1.165) is 4.88 Å². The van der Waals surface area contributed by atoms with Crippen LogP contribution in [0.1, 0.15) is 16.2 Å². The van der Waals surface area contributed by atoms with E-state index >= 15 is 0 Å². The third-order valence-corrected chi connectivity index (χ3v) is 4.40. The molecule has 21 heavy (non-hydrogen) atoms. The van der Waals surface area contributed by atoms with E-state index in [1.807, 2.05) is 17.5 Å². The Morgan fingerprint density at radius 3 is 3.05 bits per heavy atom. The molecule has 0 aliphatic carbocycles. The van der Waals surface area contributed by atoms with E-state index in [1.165, 1.54) is 29.2 Å². The van der Waals surface area contributed by atoms with Gasteiger partial charge in [0.25, 0.3) is 5.89 Å². The first kappa shape index (κ1) is 13.8. The maximum Gasteiger partial charge on any atom is 0.338 e. The summed E-state index contributed by atoms with van der Waals surface area (Å²) in [6, 6.07) is 6.92. The number of rotatable bonds is 5. The average Bonchev–Trinajstić information content (AvgIpc) is 3.16. The van der Waals surface area contributed by atoms with Crippen LogP contribution in [0.4, 0.5) is 0 Å². The summed E-state index contributed by atoms with van der Waals surface area (Å²) in [5, 5.41) is 15.3. The van der Waals surface area contributed by atoms with Gasteiger partial charge in [0.15, 0.2) is 5.82 Å². The molecule has 3 aromatic heterocycles. The lowest BCUT2D eigenvalue weighted by molar-refractivity contribution is 0.0692. The van der Waals surface area contributed by atoms with Gasteiger partial charge in [0.2, 0.25) is 0 Å². The molecule has 8 heteroatoms. The number of aromatic carboxylic acids is 1. The fourth-order valence-corrected chi connectivity index (χ4v) is 3.09. The lowest BCUT2D eigenvalue weighted by atomic mass is 10.3. The highest BCUT2D eigenvalue weighted by Gasteiger charge is 2.14. The largest absolute Gasteiger partial charge is 0.478 e. The number of pyridine rings is 1. The number of thiophene rings is 1. The lowest BCUT2D eigenvalue weighted by Gasteiger charge is -2.01. The second-order valence-corrected chi connectivity index (χ2v) is 5.85. The SMILES string of the molecule is O=C(O)c1cccnc1SCc1noc(-c2cccs2)n1. The molecule has 3 heterocycles. The van der Waals surface area contributed by atoms with Crippen LogP contribution >= 0.6 is 23.1 Å². The van der Waals surface area contributed by atoms with E-state index in [4.69, 9.17) is 9.63 Å². The minimum atomic E-state index is -1.00. The fourth-order valence-electron chi connectivity index (χ4n) is 1.61. The van der Waals surface area contributed by atoms with Crippen LogP contribution in [-0.2, 0) is 5.75 Å². The van der Waals surface area contributed by atoms with Crippen molar-refractivity contribution in [1.29, 1.82) is 0 Å². The maximum absolute atomic E-state index is 11.1. The van der Waals surface area contributed by atoms with E-state index in [-0.39, 0.29) is 5.56 Å². The van der Waals surface area contributed by atoms with Crippen molar-refractivity contribution in [2.45, 2.75) is 10.8 Å². The normalized spacial score (nSPS) is 10.7. The van der Waals surface area contributed by atoms with Gasteiger partial charge in [0, 0.05) is 6.20 Å². The zero-order valence-electron chi connectivity index (χ0n) is 10.6. The van der Waals surface area contributed by atoms with Gasteiger partial charge in [-0.25, -0.2) is 9.78 Å². The Kier molecular flexibility index (Phi) is 3.98. The van der Waals surface area contributed by atoms with E-state index in [1.54, 1.807) is 12.3 Å². The highest BCUT2D eigenvalue weighted by molar-refractivity contribution is 7.98. The zero-order valence-corrected chi connectivity index (χ0v) is 12.2. The Bertz CT molecular complexity index is 756. The molecule has 0 bridgehead atoms. The number of hydrogen-bond acceptors (Lipinski definition) is 7. The summed E-state index contributed by atoms with van der Waals surface area (Å²) >= 11 is 2.78. The predicted octanol–water partition coefficient (Wildman–Crippen LogP) is 3.18. The molecule has 0 amide bonds. The van der Waals surface area contributed by atoms with Crippen LogP contribution in [0.2, 0.25) is 0 Å². The first-order valence-electron chi connectivity index (χ1n) is 5.91. The molecule has 0 saturated heterocycles. The molecule has 3 rings (SSSR count). The van der Waals surface area contributed by atoms with Crippen LogP contribution < -0.4 is 0 Å². The Morgan fingerprint density at radius 1 is 1.38 bits per heavy atom. The molecule has 0 atom stereocenters. The zero-order chi connectivity index (χ0) is 14.7. The van der Waals surface area contributed by atoms with E-state index in [0.29, 0.717) is 22.5 Å². The van der Waals surface area contributed by atoms with Crippen molar-refractivity contribution in [2.75, 3.05) is 0 Å². The fraction of sp³-hybridized carbons (Fsp3) is 0.0769. The van der Waals surface area contributed by atoms with Crippen LogP contribution in [0.15, 0.2) is 45.4 Å². The summed E-state index contributed by atoms with van der Waals surface area (Å²) in [6.45, 7) is 0. The van der Waals surface area contributed by atoms with E-state index < -0.39 is 5.97 Å². The number of carboxylic acids is 1. The first-order chi connectivity index (χ1) is 10.2. The summed E-state index contributed by atoms with van der Waals surface area (Å²) in [6.07, 6.45) is 1.56. The number of carboxylic acid groups (broad SMARTS) is 1. The van der Waals surface area contributed by atoms with E-state index in [2.05, 4.69) is 15.1 Å². The van der Waals surface area contributed by atoms with Crippen LogP contribution in [0.25, 0.3) is 10.8 Å². The van der Waals surface area contributed by atoms with Crippen LogP contribution in [0, 0.1) is 0 Å². The highest BCUT2D eigenvalue weighted by atomic mass is 32.2. The van der Waals surface area contributed by atoms with Crippen LogP contribution in [0.3, 0.4) is 0 Å². The van der Waals surface area contributed by atoms with E-state index in [9.17, 15) is 4.79 Å². The number of nitrogens with zero attached hydrogens (tertiary/aromatic N) is 3. The smallest absolute Gasteiger partial charge is 0.338 e. The molecule has 3 aromatic rings. The topological polar surface area (TPSA) is 89.1 Å². The Labute approximate surface area is 127 Å². The maximum atomic E-state index is 11.1. The van der Waals surface area contributed by atoms with Gasteiger partial charge in [-0.3, -0.25) is 0 Å². The molecule has 0 aliphatic rings. The average molecular weight is 319 g/mol. The quantitative estimate of drug-likeness (QED) is 0.722. The summed E-state index contributed by atoms with van der Waals surface area (Å²) in [4.78, 5) is 20.3. The second-order valence-electron chi connectivity index (χ2n) is 3.94. The van der Waals surface area contributed by atoms with Gasteiger partial charge in [-0.1, -0.05) is 23.0 Å². The molecule has 6 nitrogen and oxygen atoms in total. The molecule has 0 spiro atoms. The Balaban J connectivity index is 1.73. The van der Waals surface area contributed by atoms with Gasteiger partial charge in [0.05, 0.1) is 16.2 Å². The van der Waals surface area contributed by atoms with Crippen LogP contribution in [-0.4, -0.2) is 26.2 Å². The van der Waals surface area contributed by atoms with Crippen LogP contribution in [0.5, 0.6) is 0 Å². The molecular weight excluding hydrogens is 310 g/mol. The summed E-state index contributed by atoms with van der Waals surface area (Å²) in [5.41, 5.74) is 0.171. The Hall–Kier alpha value is -2.19. The van der Waals surface area contributed by atoms with Gasteiger partial charge in [0.1, 0.15) is 5.03 Å². The molecule has 0 fully saturated rings. The van der Waals surface area contributed by atoms with Gasteiger partial charge >= 0.3 is 5.97 Å². The molecule has 0 unspecified atom stereocenters. The van der Waals surface area contributed by atoms with Crippen molar-refractivity contribution in [1.82, 2.24) is 15.1 Å². The Morgan fingerprint density at radius 2 is 2.29 bits per heavy atom. The minimum absolute atomic E-state index is 0.171. The van der Waals surface area contributed by atoms with Gasteiger partial charge in [-0.2, -0.15) is 4.98 Å². The minimum Gasteiger partial charge on any atom is -0.478 e.